The highest BCUT2D eigenvalue weighted by molar-refractivity contribution is 5.29. The second-order valence-corrected chi connectivity index (χ2v) is 2.59. The molecule has 1 nitrogen and oxygen atoms in total. The molecule has 0 amide bonds. The summed E-state index contributed by atoms with van der Waals surface area (Å²) in [5, 5.41) is 9.16. The average Bonchev–Trinajstić information content (AvgIpc) is 2.08. The molecule has 0 aliphatic carbocycles. The van der Waals surface area contributed by atoms with Crippen LogP contribution in [0.4, 0.5) is 4.39 Å². The van der Waals surface area contributed by atoms with Crippen molar-refractivity contribution in [1.82, 2.24) is 0 Å². The Hall–Kier alpha value is -1.33. The SMILES string of the molecule is C#CC(O)c1cc(C)ccc1F. The zero-order chi connectivity index (χ0) is 9.14. The van der Waals surface area contributed by atoms with Crippen molar-refractivity contribution >= 4 is 0 Å². The van der Waals surface area contributed by atoms with E-state index in [0.29, 0.717) is 0 Å². The fraction of sp³-hybridized carbons (Fsp3) is 0.200. The molecule has 62 valence electrons. The summed E-state index contributed by atoms with van der Waals surface area (Å²) >= 11 is 0. The summed E-state index contributed by atoms with van der Waals surface area (Å²) in [5.41, 5.74) is 1.04. The van der Waals surface area contributed by atoms with Crippen molar-refractivity contribution in [3.63, 3.8) is 0 Å². The van der Waals surface area contributed by atoms with Crippen LogP contribution in [-0.4, -0.2) is 5.11 Å². The highest BCUT2D eigenvalue weighted by Crippen LogP contribution is 2.17. The van der Waals surface area contributed by atoms with E-state index >= 15 is 0 Å². The molecule has 0 saturated carbocycles. The molecule has 12 heavy (non-hydrogen) atoms. The van der Waals surface area contributed by atoms with E-state index in [1.807, 2.05) is 6.92 Å². The first-order valence-electron chi connectivity index (χ1n) is 3.55. The van der Waals surface area contributed by atoms with Crippen molar-refractivity contribution in [3.8, 4) is 12.3 Å². The molecule has 0 aliphatic rings. The second-order valence-electron chi connectivity index (χ2n) is 2.59. The molecular weight excluding hydrogens is 155 g/mol. The van der Waals surface area contributed by atoms with Crippen LogP contribution >= 0.6 is 0 Å². The van der Waals surface area contributed by atoms with Gasteiger partial charge in [0.1, 0.15) is 11.9 Å². The summed E-state index contributed by atoms with van der Waals surface area (Å²) in [6.07, 6.45) is 3.81. The third-order valence-corrected chi connectivity index (χ3v) is 1.60. The van der Waals surface area contributed by atoms with Gasteiger partial charge < -0.3 is 5.11 Å². The Balaban J connectivity index is 3.15. The number of aliphatic hydroxyl groups excluding tert-OH is 1. The average molecular weight is 164 g/mol. The van der Waals surface area contributed by atoms with Gasteiger partial charge in [-0.3, -0.25) is 0 Å². The maximum atomic E-state index is 13.0. The molecule has 1 atom stereocenters. The van der Waals surface area contributed by atoms with Crippen LogP contribution < -0.4 is 0 Å². The van der Waals surface area contributed by atoms with Crippen LogP contribution in [0.5, 0.6) is 0 Å². The smallest absolute Gasteiger partial charge is 0.142 e. The normalized spacial score (nSPS) is 12.2. The van der Waals surface area contributed by atoms with Gasteiger partial charge in [0.25, 0.3) is 0 Å². The summed E-state index contributed by atoms with van der Waals surface area (Å²) in [7, 11) is 0. The number of halogens is 1. The number of terminal acetylenes is 1. The molecule has 0 bridgehead atoms. The maximum Gasteiger partial charge on any atom is 0.142 e. The predicted octanol–water partition coefficient (Wildman–Crippen LogP) is 1.80. The lowest BCUT2D eigenvalue weighted by Crippen LogP contribution is -1.97. The number of aliphatic hydroxyl groups is 1. The molecule has 0 heterocycles. The number of benzene rings is 1. The number of hydrogen-bond donors (Lipinski definition) is 1. The standard InChI is InChI=1S/C10H9FO/c1-3-10(12)8-6-7(2)4-5-9(8)11/h1,4-6,10,12H,2H3. The summed E-state index contributed by atoms with van der Waals surface area (Å²) in [5.74, 6) is 1.60. The van der Waals surface area contributed by atoms with Crippen molar-refractivity contribution in [2.45, 2.75) is 13.0 Å². The van der Waals surface area contributed by atoms with Crippen molar-refractivity contribution in [2.75, 3.05) is 0 Å². The van der Waals surface area contributed by atoms with Gasteiger partial charge in [0.15, 0.2) is 0 Å². The van der Waals surface area contributed by atoms with Crippen molar-refractivity contribution < 1.29 is 9.50 Å². The Morgan fingerprint density at radius 1 is 1.58 bits per heavy atom. The lowest BCUT2D eigenvalue weighted by molar-refractivity contribution is 0.233. The first kappa shape index (κ1) is 8.76. The summed E-state index contributed by atoms with van der Waals surface area (Å²) < 4.78 is 13.0. The molecule has 0 aliphatic heterocycles. The molecular formula is C10H9FO. The molecule has 1 unspecified atom stereocenters. The number of rotatable bonds is 1. The monoisotopic (exact) mass is 164 g/mol. The van der Waals surface area contributed by atoms with Gasteiger partial charge in [0.2, 0.25) is 0 Å². The van der Waals surface area contributed by atoms with Crippen molar-refractivity contribution in [3.05, 3.63) is 35.1 Å². The minimum atomic E-state index is -1.15. The topological polar surface area (TPSA) is 20.2 Å². The van der Waals surface area contributed by atoms with E-state index in [1.54, 1.807) is 12.1 Å². The van der Waals surface area contributed by atoms with Crippen LogP contribution in [0.2, 0.25) is 0 Å². The largest absolute Gasteiger partial charge is 0.376 e. The molecule has 0 saturated heterocycles. The number of aryl methyl sites for hydroxylation is 1. The van der Waals surface area contributed by atoms with Gasteiger partial charge in [0.05, 0.1) is 0 Å². The molecule has 1 rings (SSSR count). The molecule has 0 aromatic heterocycles. The third-order valence-electron chi connectivity index (χ3n) is 1.60. The summed E-state index contributed by atoms with van der Waals surface area (Å²) in [6.45, 7) is 1.81. The minimum Gasteiger partial charge on any atom is -0.376 e. The lowest BCUT2D eigenvalue weighted by atomic mass is 10.1. The Morgan fingerprint density at radius 2 is 2.25 bits per heavy atom. The first-order valence-corrected chi connectivity index (χ1v) is 3.55. The number of hydrogen-bond acceptors (Lipinski definition) is 1. The van der Waals surface area contributed by atoms with Crippen LogP contribution in [0.25, 0.3) is 0 Å². The van der Waals surface area contributed by atoms with Crippen LogP contribution in [0.15, 0.2) is 18.2 Å². The molecule has 1 aromatic rings. The van der Waals surface area contributed by atoms with E-state index in [2.05, 4.69) is 5.92 Å². The highest BCUT2D eigenvalue weighted by atomic mass is 19.1. The van der Waals surface area contributed by atoms with E-state index in [1.165, 1.54) is 6.07 Å². The van der Waals surface area contributed by atoms with E-state index in [9.17, 15) is 4.39 Å². The molecule has 0 radical (unpaired) electrons. The fourth-order valence-corrected chi connectivity index (χ4v) is 0.962. The molecule has 1 aromatic carbocycles. The molecule has 0 spiro atoms. The first-order chi connectivity index (χ1) is 5.65. The van der Waals surface area contributed by atoms with E-state index in [0.717, 1.165) is 5.56 Å². The van der Waals surface area contributed by atoms with Gasteiger partial charge >= 0.3 is 0 Å². The Labute approximate surface area is 70.9 Å². The highest BCUT2D eigenvalue weighted by Gasteiger charge is 2.08. The Bertz CT molecular complexity index is 325. The molecule has 1 N–H and O–H groups in total. The quantitative estimate of drug-likeness (QED) is 0.627. The van der Waals surface area contributed by atoms with Crippen molar-refractivity contribution in [1.29, 1.82) is 0 Å². The van der Waals surface area contributed by atoms with Gasteiger partial charge in [-0.2, -0.15) is 0 Å². The minimum absolute atomic E-state index is 0.164. The van der Waals surface area contributed by atoms with E-state index in [4.69, 9.17) is 11.5 Å². The zero-order valence-corrected chi connectivity index (χ0v) is 6.71. The predicted molar refractivity (Wildman–Crippen MR) is 44.9 cm³/mol. The van der Waals surface area contributed by atoms with Gasteiger partial charge in [0, 0.05) is 5.56 Å². The van der Waals surface area contributed by atoms with Crippen molar-refractivity contribution in [2.24, 2.45) is 0 Å². The Morgan fingerprint density at radius 3 is 2.83 bits per heavy atom. The zero-order valence-electron chi connectivity index (χ0n) is 6.71. The van der Waals surface area contributed by atoms with Gasteiger partial charge in [-0.25, -0.2) is 4.39 Å². The molecule has 0 fully saturated rings. The summed E-state index contributed by atoms with van der Waals surface area (Å²) in [6, 6.07) is 4.47. The van der Waals surface area contributed by atoms with E-state index < -0.39 is 11.9 Å². The van der Waals surface area contributed by atoms with E-state index in [-0.39, 0.29) is 5.56 Å². The van der Waals surface area contributed by atoms with Gasteiger partial charge in [-0.1, -0.05) is 17.6 Å². The van der Waals surface area contributed by atoms with Crippen LogP contribution in [0.3, 0.4) is 0 Å². The van der Waals surface area contributed by atoms with Crippen LogP contribution in [-0.2, 0) is 0 Å². The maximum absolute atomic E-state index is 13.0. The second kappa shape index (κ2) is 3.38. The lowest BCUT2D eigenvalue weighted by Gasteiger charge is -2.05. The fourth-order valence-electron chi connectivity index (χ4n) is 0.962. The van der Waals surface area contributed by atoms with Crippen LogP contribution in [0, 0.1) is 25.1 Å². The van der Waals surface area contributed by atoms with Crippen LogP contribution in [0.1, 0.15) is 17.2 Å². The molecule has 2 heteroatoms. The van der Waals surface area contributed by atoms with Gasteiger partial charge in [-0.15, -0.1) is 6.42 Å². The third kappa shape index (κ3) is 1.63. The Kier molecular flexibility index (Phi) is 2.47. The summed E-state index contributed by atoms with van der Waals surface area (Å²) in [4.78, 5) is 0. The van der Waals surface area contributed by atoms with Gasteiger partial charge in [-0.05, 0) is 19.1 Å².